The number of aliphatic hydroxyl groups is 1. The van der Waals surface area contributed by atoms with Crippen LogP contribution in [-0.2, 0) is 16.1 Å². The fourth-order valence-electron chi connectivity index (χ4n) is 3.71. The number of aliphatic hydroxyl groups excluding tert-OH is 1. The highest BCUT2D eigenvalue weighted by Gasteiger charge is 2.33. The van der Waals surface area contributed by atoms with E-state index in [0.29, 0.717) is 31.7 Å². The molecule has 0 saturated carbocycles. The molecule has 0 radical (unpaired) electrons. The van der Waals surface area contributed by atoms with Crippen molar-refractivity contribution in [2.24, 2.45) is 5.92 Å². The van der Waals surface area contributed by atoms with E-state index in [1.807, 2.05) is 4.90 Å². The predicted octanol–water partition coefficient (Wildman–Crippen LogP) is 0.886. The van der Waals surface area contributed by atoms with Gasteiger partial charge in [0.25, 0.3) is 0 Å². The maximum Gasteiger partial charge on any atom is 0.237 e. The number of piperazine rings is 1. The van der Waals surface area contributed by atoms with Crippen molar-refractivity contribution in [2.45, 2.75) is 31.8 Å². The summed E-state index contributed by atoms with van der Waals surface area (Å²) in [4.78, 5) is 28.6. The number of carbonyl (C=O) groups is 2. The van der Waals surface area contributed by atoms with Gasteiger partial charge in [-0.25, -0.2) is 8.78 Å². The molecule has 27 heavy (non-hydrogen) atoms. The van der Waals surface area contributed by atoms with Crippen LogP contribution in [0.1, 0.15) is 24.8 Å². The third-order valence-corrected chi connectivity index (χ3v) is 5.40. The normalized spacial score (nSPS) is 22.0. The summed E-state index contributed by atoms with van der Waals surface area (Å²) in [5, 5.41) is 12.0. The van der Waals surface area contributed by atoms with Gasteiger partial charge in [-0.05, 0) is 36.5 Å². The number of rotatable bonds is 5. The summed E-state index contributed by atoms with van der Waals surface area (Å²) < 4.78 is 26.6. The molecular weight excluding hydrogens is 356 g/mol. The third kappa shape index (κ3) is 4.81. The number of carbonyl (C=O) groups excluding carboxylic acids is 2. The van der Waals surface area contributed by atoms with E-state index in [2.05, 4.69) is 5.32 Å². The van der Waals surface area contributed by atoms with Crippen molar-refractivity contribution in [1.82, 2.24) is 15.1 Å². The number of halogens is 2. The van der Waals surface area contributed by atoms with Gasteiger partial charge in [-0.15, -0.1) is 0 Å². The molecule has 2 saturated heterocycles. The molecule has 6 nitrogen and oxygen atoms in total. The Kier molecular flexibility index (Phi) is 6.38. The fourth-order valence-corrected chi connectivity index (χ4v) is 3.71. The molecule has 2 aliphatic heterocycles. The zero-order valence-corrected chi connectivity index (χ0v) is 15.2. The van der Waals surface area contributed by atoms with Crippen molar-refractivity contribution in [3.63, 3.8) is 0 Å². The van der Waals surface area contributed by atoms with E-state index in [-0.39, 0.29) is 37.3 Å². The average molecular weight is 381 g/mol. The van der Waals surface area contributed by atoms with E-state index in [9.17, 15) is 23.5 Å². The Morgan fingerprint density at radius 3 is 2.59 bits per heavy atom. The van der Waals surface area contributed by atoms with E-state index < -0.39 is 17.7 Å². The number of hydrogen-bond acceptors (Lipinski definition) is 4. The Hall–Kier alpha value is -2.06. The van der Waals surface area contributed by atoms with Crippen LogP contribution in [0.2, 0.25) is 0 Å². The first-order chi connectivity index (χ1) is 13.0. The monoisotopic (exact) mass is 381 g/mol. The molecule has 0 bridgehead atoms. The molecule has 0 unspecified atom stereocenters. The third-order valence-electron chi connectivity index (χ3n) is 5.40. The largest absolute Gasteiger partial charge is 0.396 e. The lowest BCUT2D eigenvalue weighted by molar-refractivity contribution is -0.140. The van der Waals surface area contributed by atoms with Gasteiger partial charge in [-0.3, -0.25) is 14.5 Å². The molecule has 2 N–H and O–H groups in total. The second kappa shape index (κ2) is 8.75. The molecule has 3 rings (SSSR count). The minimum absolute atomic E-state index is 0.0549. The first-order valence-corrected chi connectivity index (χ1v) is 9.32. The van der Waals surface area contributed by atoms with Crippen molar-refractivity contribution in [3.05, 3.63) is 35.4 Å². The summed E-state index contributed by atoms with van der Waals surface area (Å²) in [6, 6.07) is 3.05. The van der Waals surface area contributed by atoms with Gasteiger partial charge in [-0.1, -0.05) is 6.07 Å². The lowest BCUT2D eigenvalue weighted by atomic mass is 9.97. The Morgan fingerprint density at radius 1 is 1.19 bits per heavy atom. The van der Waals surface area contributed by atoms with Crippen LogP contribution in [0.25, 0.3) is 0 Å². The smallest absolute Gasteiger partial charge is 0.237 e. The summed E-state index contributed by atoms with van der Waals surface area (Å²) in [5.41, 5.74) is 0.560. The second-order valence-corrected chi connectivity index (χ2v) is 7.24. The van der Waals surface area contributed by atoms with Crippen molar-refractivity contribution in [1.29, 1.82) is 0 Å². The van der Waals surface area contributed by atoms with Crippen LogP contribution in [0.5, 0.6) is 0 Å². The number of hydrogen-bond donors (Lipinski definition) is 2. The Bertz CT molecular complexity index is 693. The van der Waals surface area contributed by atoms with Crippen molar-refractivity contribution >= 4 is 11.8 Å². The van der Waals surface area contributed by atoms with Gasteiger partial charge in [0.05, 0.1) is 12.5 Å². The standard InChI is InChI=1S/C19H25F2N3O3/c20-15-2-1-14(9-16(15)21)11-24-8-5-22-19(27)17(24)10-18(26)23-6-3-13(12-25)4-7-23/h1-2,9,13,17,25H,3-8,10-12H2,(H,22,27)/t17-/m1/s1. The van der Waals surface area contributed by atoms with Gasteiger partial charge < -0.3 is 15.3 Å². The zero-order chi connectivity index (χ0) is 19.4. The minimum Gasteiger partial charge on any atom is -0.396 e. The maximum absolute atomic E-state index is 13.5. The van der Waals surface area contributed by atoms with Crippen LogP contribution in [0, 0.1) is 17.6 Å². The number of likely N-dealkylation sites (tertiary alicyclic amines) is 1. The molecular formula is C19H25F2N3O3. The topological polar surface area (TPSA) is 72.9 Å². The Morgan fingerprint density at radius 2 is 1.93 bits per heavy atom. The molecule has 2 heterocycles. The number of piperidine rings is 1. The fraction of sp³-hybridized carbons (Fsp3) is 0.579. The van der Waals surface area contributed by atoms with E-state index in [1.165, 1.54) is 6.07 Å². The summed E-state index contributed by atoms with van der Waals surface area (Å²) in [6.07, 6.45) is 1.58. The lowest BCUT2D eigenvalue weighted by Crippen LogP contribution is -2.56. The molecule has 0 spiro atoms. The first kappa shape index (κ1) is 19.7. The lowest BCUT2D eigenvalue weighted by Gasteiger charge is -2.37. The van der Waals surface area contributed by atoms with E-state index >= 15 is 0 Å². The maximum atomic E-state index is 13.5. The Labute approximate surface area is 157 Å². The van der Waals surface area contributed by atoms with Crippen LogP contribution < -0.4 is 5.32 Å². The number of nitrogens with zero attached hydrogens (tertiary/aromatic N) is 2. The Balaban J connectivity index is 1.64. The summed E-state index contributed by atoms with van der Waals surface area (Å²) in [7, 11) is 0. The summed E-state index contributed by atoms with van der Waals surface area (Å²) in [6.45, 7) is 2.57. The molecule has 8 heteroatoms. The molecule has 0 aromatic heterocycles. The van der Waals surface area contributed by atoms with Gasteiger partial charge >= 0.3 is 0 Å². The molecule has 1 atom stereocenters. The molecule has 1 aromatic rings. The molecule has 148 valence electrons. The van der Waals surface area contributed by atoms with E-state index in [0.717, 1.165) is 25.0 Å². The van der Waals surface area contributed by atoms with Gasteiger partial charge in [0.1, 0.15) is 0 Å². The van der Waals surface area contributed by atoms with Crippen LogP contribution in [0.3, 0.4) is 0 Å². The SMILES string of the molecule is O=C1NCCN(Cc2ccc(F)c(F)c2)[C@@H]1CC(=O)N1CCC(CO)CC1. The van der Waals surface area contributed by atoms with Crippen LogP contribution in [0.4, 0.5) is 8.78 Å². The van der Waals surface area contributed by atoms with Crippen LogP contribution in [0.15, 0.2) is 18.2 Å². The van der Waals surface area contributed by atoms with Gasteiger partial charge in [0.2, 0.25) is 11.8 Å². The zero-order valence-electron chi connectivity index (χ0n) is 15.2. The van der Waals surface area contributed by atoms with Gasteiger partial charge in [0.15, 0.2) is 11.6 Å². The quantitative estimate of drug-likeness (QED) is 0.795. The molecule has 2 fully saturated rings. The highest BCUT2D eigenvalue weighted by atomic mass is 19.2. The van der Waals surface area contributed by atoms with Gasteiger partial charge in [-0.2, -0.15) is 0 Å². The van der Waals surface area contributed by atoms with E-state index in [1.54, 1.807) is 4.90 Å². The number of benzene rings is 1. The van der Waals surface area contributed by atoms with Gasteiger partial charge in [0, 0.05) is 39.3 Å². The summed E-state index contributed by atoms with van der Waals surface area (Å²) >= 11 is 0. The summed E-state index contributed by atoms with van der Waals surface area (Å²) in [5.74, 6) is -1.91. The van der Waals surface area contributed by atoms with E-state index in [4.69, 9.17) is 0 Å². The highest BCUT2D eigenvalue weighted by molar-refractivity contribution is 5.88. The van der Waals surface area contributed by atoms with Crippen LogP contribution in [-0.4, -0.2) is 65.5 Å². The first-order valence-electron chi connectivity index (χ1n) is 9.32. The predicted molar refractivity (Wildman–Crippen MR) is 94.6 cm³/mol. The minimum atomic E-state index is -0.923. The number of amides is 2. The second-order valence-electron chi connectivity index (χ2n) is 7.24. The molecule has 1 aromatic carbocycles. The average Bonchev–Trinajstić information content (AvgIpc) is 2.67. The van der Waals surface area contributed by atoms with Crippen molar-refractivity contribution < 1.29 is 23.5 Å². The molecule has 2 amide bonds. The molecule has 2 aliphatic rings. The molecule has 0 aliphatic carbocycles. The van der Waals surface area contributed by atoms with Crippen LogP contribution >= 0.6 is 0 Å². The highest BCUT2D eigenvalue weighted by Crippen LogP contribution is 2.20. The number of nitrogens with one attached hydrogen (secondary N) is 1. The van der Waals surface area contributed by atoms with Crippen molar-refractivity contribution in [2.75, 3.05) is 32.8 Å². The van der Waals surface area contributed by atoms with Crippen molar-refractivity contribution in [3.8, 4) is 0 Å².